The van der Waals surface area contributed by atoms with Gasteiger partial charge in [-0.15, -0.1) is 0 Å². The molecule has 3 aromatic rings. The standard InChI is InChI=1S/C22H26N6O3/c1-13-11-27(12-14(2)28(13)15(3)29)20-7-5-6-19(26-20)18-10-24-21-17(18)8-16(9-23-21)25-22(30)31-4/h5-10,13-14H,11-12H2,1-4H3,(H,23,24)(H,25,30)/t13-,14+. The summed E-state index contributed by atoms with van der Waals surface area (Å²) in [6.07, 6.45) is 2.89. The van der Waals surface area contributed by atoms with E-state index in [0.717, 1.165) is 35.6 Å². The third-order valence-corrected chi connectivity index (χ3v) is 5.58. The molecule has 1 fully saturated rings. The molecule has 1 saturated heterocycles. The third kappa shape index (κ3) is 4.03. The number of H-pyrrole nitrogens is 1. The fourth-order valence-corrected chi connectivity index (χ4v) is 4.33. The minimum atomic E-state index is -0.550. The van der Waals surface area contributed by atoms with E-state index < -0.39 is 6.09 Å². The summed E-state index contributed by atoms with van der Waals surface area (Å²) in [7, 11) is 1.32. The number of aromatic amines is 1. The maximum Gasteiger partial charge on any atom is 0.411 e. The van der Waals surface area contributed by atoms with E-state index in [-0.39, 0.29) is 18.0 Å². The number of hydrogen-bond acceptors (Lipinski definition) is 6. The van der Waals surface area contributed by atoms with Gasteiger partial charge in [0.1, 0.15) is 11.5 Å². The summed E-state index contributed by atoms with van der Waals surface area (Å²) in [6.45, 7) is 7.20. The zero-order valence-corrected chi connectivity index (χ0v) is 18.0. The second-order valence-electron chi connectivity index (χ2n) is 7.85. The van der Waals surface area contributed by atoms with Crippen molar-refractivity contribution in [2.24, 2.45) is 0 Å². The molecule has 1 aliphatic heterocycles. The lowest BCUT2D eigenvalue weighted by Crippen LogP contribution is -2.58. The van der Waals surface area contributed by atoms with Crippen LogP contribution in [0.15, 0.2) is 36.7 Å². The van der Waals surface area contributed by atoms with E-state index in [9.17, 15) is 9.59 Å². The zero-order chi connectivity index (χ0) is 22.1. The molecule has 9 nitrogen and oxygen atoms in total. The van der Waals surface area contributed by atoms with Crippen molar-refractivity contribution in [3.05, 3.63) is 36.7 Å². The molecule has 2 atom stereocenters. The summed E-state index contributed by atoms with van der Waals surface area (Å²) < 4.78 is 4.66. The number of anilines is 2. The van der Waals surface area contributed by atoms with E-state index in [2.05, 4.69) is 38.8 Å². The molecule has 3 aromatic heterocycles. The van der Waals surface area contributed by atoms with Gasteiger partial charge in [0.05, 0.1) is 24.7 Å². The highest BCUT2D eigenvalue weighted by atomic mass is 16.5. The van der Waals surface area contributed by atoms with Gasteiger partial charge in [-0.05, 0) is 32.0 Å². The summed E-state index contributed by atoms with van der Waals surface area (Å²) in [4.78, 5) is 40.1. The lowest BCUT2D eigenvalue weighted by Gasteiger charge is -2.44. The minimum absolute atomic E-state index is 0.101. The van der Waals surface area contributed by atoms with Gasteiger partial charge in [0.25, 0.3) is 0 Å². The number of pyridine rings is 2. The average Bonchev–Trinajstić information content (AvgIpc) is 3.16. The molecule has 31 heavy (non-hydrogen) atoms. The number of piperazine rings is 1. The molecule has 4 rings (SSSR count). The molecule has 0 radical (unpaired) electrons. The monoisotopic (exact) mass is 422 g/mol. The maximum absolute atomic E-state index is 12.0. The van der Waals surface area contributed by atoms with E-state index in [0.29, 0.717) is 11.3 Å². The predicted octanol–water partition coefficient (Wildman–Crippen LogP) is 3.25. The van der Waals surface area contributed by atoms with Gasteiger partial charge in [0.15, 0.2) is 0 Å². The van der Waals surface area contributed by atoms with E-state index in [1.807, 2.05) is 35.4 Å². The highest BCUT2D eigenvalue weighted by Crippen LogP contribution is 2.30. The Morgan fingerprint density at radius 1 is 1.23 bits per heavy atom. The highest BCUT2D eigenvalue weighted by molar-refractivity contribution is 5.96. The molecule has 0 saturated carbocycles. The van der Waals surface area contributed by atoms with Gasteiger partial charge in [-0.1, -0.05) is 6.07 Å². The van der Waals surface area contributed by atoms with Crippen molar-refractivity contribution in [3.63, 3.8) is 0 Å². The number of carbonyl (C=O) groups excluding carboxylic acids is 2. The van der Waals surface area contributed by atoms with Gasteiger partial charge < -0.3 is 19.5 Å². The number of rotatable bonds is 3. The Bertz CT molecular complexity index is 1120. The summed E-state index contributed by atoms with van der Waals surface area (Å²) in [5, 5.41) is 3.49. The number of fused-ring (bicyclic) bond motifs is 1. The summed E-state index contributed by atoms with van der Waals surface area (Å²) in [5.74, 6) is 0.967. The fraction of sp³-hybridized carbons (Fsp3) is 0.364. The van der Waals surface area contributed by atoms with Gasteiger partial charge in [0, 0.05) is 49.2 Å². The first-order valence-electron chi connectivity index (χ1n) is 10.2. The van der Waals surface area contributed by atoms with Crippen LogP contribution in [0.1, 0.15) is 20.8 Å². The molecule has 0 spiro atoms. The van der Waals surface area contributed by atoms with Crippen molar-refractivity contribution < 1.29 is 14.3 Å². The quantitative estimate of drug-likeness (QED) is 0.672. The van der Waals surface area contributed by atoms with Crippen LogP contribution in [-0.2, 0) is 9.53 Å². The third-order valence-electron chi connectivity index (χ3n) is 5.58. The summed E-state index contributed by atoms with van der Waals surface area (Å²) in [5.41, 5.74) is 2.94. The minimum Gasteiger partial charge on any atom is -0.453 e. The Labute approximate surface area is 180 Å². The zero-order valence-electron chi connectivity index (χ0n) is 18.0. The van der Waals surface area contributed by atoms with E-state index >= 15 is 0 Å². The predicted molar refractivity (Wildman–Crippen MR) is 119 cm³/mol. The largest absolute Gasteiger partial charge is 0.453 e. The van der Waals surface area contributed by atoms with Crippen LogP contribution in [0.2, 0.25) is 0 Å². The second-order valence-corrected chi connectivity index (χ2v) is 7.85. The first-order valence-corrected chi connectivity index (χ1v) is 10.2. The van der Waals surface area contributed by atoms with E-state index in [1.165, 1.54) is 7.11 Å². The Kier molecular flexibility index (Phi) is 5.50. The Hall–Kier alpha value is -3.62. The molecule has 0 aromatic carbocycles. The number of aromatic nitrogens is 3. The van der Waals surface area contributed by atoms with Crippen LogP contribution in [0.25, 0.3) is 22.3 Å². The Morgan fingerprint density at radius 2 is 1.97 bits per heavy atom. The van der Waals surface area contributed by atoms with Crippen molar-refractivity contribution in [3.8, 4) is 11.3 Å². The smallest absolute Gasteiger partial charge is 0.411 e. The highest BCUT2D eigenvalue weighted by Gasteiger charge is 2.31. The Balaban J connectivity index is 1.64. The van der Waals surface area contributed by atoms with Crippen LogP contribution in [0, 0.1) is 0 Å². The number of amides is 2. The molecule has 0 aliphatic carbocycles. The van der Waals surface area contributed by atoms with Crippen LogP contribution >= 0.6 is 0 Å². The van der Waals surface area contributed by atoms with Crippen molar-refractivity contribution in [1.82, 2.24) is 19.9 Å². The van der Waals surface area contributed by atoms with Crippen LogP contribution in [0.5, 0.6) is 0 Å². The number of methoxy groups -OCH3 is 1. The van der Waals surface area contributed by atoms with Gasteiger partial charge in [0.2, 0.25) is 5.91 Å². The Morgan fingerprint density at radius 3 is 2.65 bits per heavy atom. The molecule has 9 heteroatoms. The van der Waals surface area contributed by atoms with Gasteiger partial charge in [-0.25, -0.2) is 14.8 Å². The van der Waals surface area contributed by atoms with Crippen LogP contribution in [-0.4, -0.2) is 64.1 Å². The number of nitrogens with zero attached hydrogens (tertiary/aromatic N) is 4. The topological polar surface area (TPSA) is 103 Å². The molecule has 0 unspecified atom stereocenters. The second kappa shape index (κ2) is 8.25. The van der Waals surface area contributed by atoms with Crippen LogP contribution in [0.4, 0.5) is 16.3 Å². The maximum atomic E-state index is 12.0. The SMILES string of the molecule is COC(=O)Nc1cnc2[nH]cc(-c3cccc(N4C[C@@H](C)N(C(C)=O)[C@@H](C)C4)n3)c2c1. The van der Waals surface area contributed by atoms with Crippen molar-refractivity contribution in [2.75, 3.05) is 30.4 Å². The fourth-order valence-electron chi connectivity index (χ4n) is 4.33. The molecule has 162 valence electrons. The van der Waals surface area contributed by atoms with Gasteiger partial charge in [-0.2, -0.15) is 0 Å². The number of nitrogens with one attached hydrogen (secondary N) is 2. The average molecular weight is 422 g/mol. The van der Waals surface area contributed by atoms with Crippen molar-refractivity contribution in [1.29, 1.82) is 0 Å². The summed E-state index contributed by atoms with van der Waals surface area (Å²) in [6, 6.07) is 7.98. The summed E-state index contributed by atoms with van der Waals surface area (Å²) >= 11 is 0. The lowest BCUT2D eigenvalue weighted by molar-refractivity contribution is -0.133. The first-order chi connectivity index (χ1) is 14.9. The van der Waals surface area contributed by atoms with Crippen molar-refractivity contribution in [2.45, 2.75) is 32.9 Å². The lowest BCUT2D eigenvalue weighted by atomic mass is 10.1. The number of carbonyl (C=O) groups is 2. The first kappa shape index (κ1) is 20.6. The van der Waals surface area contributed by atoms with E-state index in [4.69, 9.17) is 4.98 Å². The number of hydrogen-bond donors (Lipinski definition) is 2. The van der Waals surface area contributed by atoms with Crippen LogP contribution < -0.4 is 10.2 Å². The molecule has 2 amide bonds. The molecule has 0 bridgehead atoms. The van der Waals surface area contributed by atoms with Gasteiger partial charge >= 0.3 is 6.09 Å². The van der Waals surface area contributed by atoms with Gasteiger partial charge in [-0.3, -0.25) is 10.1 Å². The van der Waals surface area contributed by atoms with E-state index in [1.54, 1.807) is 13.1 Å². The normalized spacial score (nSPS) is 18.8. The van der Waals surface area contributed by atoms with Crippen molar-refractivity contribution >= 4 is 34.5 Å². The molecule has 2 N–H and O–H groups in total. The molecule has 4 heterocycles. The molecule has 1 aliphatic rings. The molecular formula is C22H26N6O3. The molecular weight excluding hydrogens is 396 g/mol. The van der Waals surface area contributed by atoms with Crippen LogP contribution in [0.3, 0.4) is 0 Å². The number of ether oxygens (including phenoxy) is 1.